The molecule has 0 saturated heterocycles. The third-order valence-corrected chi connectivity index (χ3v) is 5.81. The van der Waals surface area contributed by atoms with Crippen molar-refractivity contribution in [2.45, 2.75) is 31.7 Å². The van der Waals surface area contributed by atoms with Gasteiger partial charge in [-0.25, -0.2) is 9.37 Å². The zero-order chi connectivity index (χ0) is 26.6. The Morgan fingerprint density at radius 3 is 2.37 bits per heavy atom. The molecule has 0 aliphatic rings. The summed E-state index contributed by atoms with van der Waals surface area (Å²) in [4.78, 5) is 39.9. The van der Waals surface area contributed by atoms with E-state index >= 15 is 0 Å². The minimum atomic E-state index is -1.33. The summed E-state index contributed by atoms with van der Waals surface area (Å²) in [5.41, 5.74) is 1.97. The number of halogens is 2. The molecule has 3 aromatic rings. The fourth-order valence-corrected chi connectivity index (χ4v) is 3.79. The van der Waals surface area contributed by atoms with Crippen LogP contribution < -0.4 is 50.6 Å². The summed E-state index contributed by atoms with van der Waals surface area (Å²) >= 11 is 5.85. The van der Waals surface area contributed by atoms with Crippen molar-refractivity contribution in [2.24, 2.45) is 0 Å². The van der Waals surface area contributed by atoms with Crippen molar-refractivity contribution >= 4 is 35.2 Å². The molecule has 2 aromatic carbocycles. The van der Waals surface area contributed by atoms with E-state index in [-0.39, 0.29) is 53.5 Å². The zero-order valence-corrected chi connectivity index (χ0v) is 23.8. The molecule has 0 aliphatic heterocycles. The molecule has 194 valence electrons. The molecule has 0 radical (unpaired) electrons. The number of unbranched alkanes of at least 4 members (excludes halogenated alkanes) is 1. The molecule has 0 fully saturated rings. The number of rotatable bonds is 13. The number of carboxylic acid groups (broad SMARTS) is 1. The number of hydrogen-bond acceptors (Lipinski definition) is 6. The van der Waals surface area contributed by atoms with Gasteiger partial charge in [0.05, 0.1) is 17.6 Å². The molecule has 2 amide bonds. The van der Waals surface area contributed by atoms with Gasteiger partial charge in [0.2, 0.25) is 11.8 Å². The van der Waals surface area contributed by atoms with Gasteiger partial charge in [0.1, 0.15) is 11.6 Å². The molecular formula is C27H27ClFN4NaO4. The summed E-state index contributed by atoms with van der Waals surface area (Å²) in [7, 11) is 0. The SMILES string of the molecule is O=C([O-])CC(NC(=O)CNC(=O)CCCCNc1ccccn1)c1ccc(-c2ccc(F)c(Cl)c2)cc1.[Na+]. The summed E-state index contributed by atoms with van der Waals surface area (Å²) in [6.45, 7) is 0.392. The first-order valence-electron chi connectivity index (χ1n) is 11.8. The number of carbonyl (C=O) groups excluding carboxylic acids is 3. The Kier molecular flexibility index (Phi) is 13.2. The average Bonchev–Trinajstić information content (AvgIpc) is 2.89. The fraction of sp³-hybridized carbons (Fsp3) is 0.259. The van der Waals surface area contributed by atoms with E-state index in [1.54, 1.807) is 36.5 Å². The van der Waals surface area contributed by atoms with Crippen LogP contribution in [0.3, 0.4) is 0 Å². The van der Waals surface area contributed by atoms with Crippen LogP contribution in [0.2, 0.25) is 5.02 Å². The van der Waals surface area contributed by atoms with Gasteiger partial charge in [-0.05, 0) is 53.8 Å². The van der Waals surface area contributed by atoms with Crippen molar-refractivity contribution in [1.82, 2.24) is 15.6 Å². The number of hydrogen-bond donors (Lipinski definition) is 3. The van der Waals surface area contributed by atoms with Gasteiger partial charge in [-0.3, -0.25) is 9.59 Å². The van der Waals surface area contributed by atoms with Crippen molar-refractivity contribution < 1.29 is 53.4 Å². The van der Waals surface area contributed by atoms with Crippen molar-refractivity contribution in [3.8, 4) is 11.1 Å². The van der Waals surface area contributed by atoms with Crippen LogP contribution in [-0.4, -0.2) is 35.9 Å². The number of aliphatic carboxylic acids is 1. The van der Waals surface area contributed by atoms with Crippen LogP contribution >= 0.6 is 11.6 Å². The van der Waals surface area contributed by atoms with Crippen LogP contribution in [0, 0.1) is 5.82 Å². The van der Waals surface area contributed by atoms with E-state index in [2.05, 4.69) is 20.9 Å². The van der Waals surface area contributed by atoms with Crippen LogP contribution in [0.25, 0.3) is 11.1 Å². The third-order valence-electron chi connectivity index (χ3n) is 5.52. The molecule has 0 bridgehead atoms. The van der Waals surface area contributed by atoms with E-state index in [0.29, 0.717) is 24.1 Å². The largest absolute Gasteiger partial charge is 1.00 e. The molecule has 11 heteroatoms. The normalized spacial score (nSPS) is 11.1. The number of aromatic nitrogens is 1. The second-order valence-electron chi connectivity index (χ2n) is 8.32. The number of carbonyl (C=O) groups is 3. The number of carboxylic acids is 1. The Morgan fingerprint density at radius 2 is 1.71 bits per heavy atom. The summed E-state index contributed by atoms with van der Waals surface area (Å²) in [6.07, 6.45) is 2.90. The Hall–Kier alpha value is -2.98. The van der Waals surface area contributed by atoms with Gasteiger partial charge in [0, 0.05) is 31.6 Å². The van der Waals surface area contributed by atoms with Crippen molar-refractivity contribution in [3.63, 3.8) is 0 Å². The van der Waals surface area contributed by atoms with E-state index in [1.165, 1.54) is 12.1 Å². The first kappa shape index (κ1) is 31.2. The van der Waals surface area contributed by atoms with E-state index < -0.39 is 30.2 Å². The predicted molar refractivity (Wildman–Crippen MR) is 137 cm³/mol. The topological polar surface area (TPSA) is 123 Å². The minimum absolute atomic E-state index is 0. The number of pyridine rings is 1. The van der Waals surface area contributed by atoms with Crippen LogP contribution in [0.4, 0.5) is 10.2 Å². The van der Waals surface area contributed by atoms with Crippen LogP contribution in [0.5, 0.6) is 0 Å². The van der Waals surface area contributed by atoms with Gasteiger partial charge in [-0.1, -0.05) is 48.0 Å². The van der Waals surface area contributed by atoms with E-state index in [9.17, 15) is 23.9 Å². The zero-order valence-electron chi connectivity index (χ0n) is 21.0. The molecule has 3 rings (SSSR count). The van der Waals surface area contributed by atoms with Gasteiger partial charge in [-0.2, -0.15) is 0 Å². The molecule has 3 N–H and O–H groups in total. The van der Waals surface area contributed by atoms with Gasteiger partial charge in [-0.15, -0.1) is 0 Å². The molecule has 0 saturated carbocycles. The molecule has 8 nitrogen and oxygen atoms in total. The van der Waals surface area contributed by atoms with E-state index in [1.807, 2.05) is 18.2 Å². The standard InChI is InChI=1S/C27H28ClFN4O4.Na/c28-21-15-20(11-12-22(21)29)18-7-9-19(10-8-18)23(16-27(36)37)33-26(35)17-32-25(34)6-2-4-14-31-24-5-1-3-13-30-24;/h1,3,5,7-13,15,23H,2,4,6,14,16-17H2,(H,30,31)(H,32,34)(H,33,35)(H,36,37);/q;+1/p-1. The van der Waals surface area contributed by atoms with Crippen molar-refractivity contribution in [1.29, 1.82) is 0 Å². The molecule has 1 unspecified atom stereocenters. The van der Waals surface area contributed by atoms with E-state index in [4.69, 9.17) is 11.6 Å². The second-order valence-corrected chi connectivity index (χ2v) is 8.73. The molecule has 1 atom stereocenters. The van der Waals surface area contributed by atoms with Crippen molar-refractivity contribution in [3.05, 3.63) is 83.3 Å². The minimum Gasteiger partial charge on any atom is -0.550 e. The Bertz CT molecular complexity index is 1220. The molecule has 1 heterocycles. The quantitative estimate of drug-likeness (QED) is 0.208. The monoisotopic (exact) mass is 548 g/mol. The summed E-state index contributed by atoms with van der Waals surface area (Å²) in [5, 5.41) is 19.6. The van der Waals surface area contributed by atoms with Crippen LogP contribution in [0.15, 0.2) is 66.9 Å². The first-order valence-corrected chi connectivity index (χ1v) is 12.2. The molecule has 0 spiro atoms. The second kappa shape index (κ2) is 16.1. The van der Waals surface area contributed by atoms with Gasteiger partial charge in [0.15, 0.2) is 0 Å². The van der Waals surface area contributed by atoms with Crippen molar-refractivity contribution in [2.75, 3.05) is 18.4 Å². The maximum atomic E-state index is 13.4. The average molecular weight is 549 g/mol. The number of anilines is 1. The van der Waals surface area contributed by atoms with E-state index in [0.717, 1.165) is 17.8 Å². The van der Waals surface area contributed by atoms with Gasteiger partial charge in [0.25, 0.3) is 0 Å². The summed E-state index contributed by atoms with van der Waals surface area (Å²) in [6, 6.07) is 15.8. The molecule has 38 heavy (non-hydrogen) atoms. The van der Waals surface area contributed by atoms with Gasteiger partial charge < -0.3 is 25.9 Å². The number of benzene rings is 2. The third kappa shape index (κ3) is 10.4. The van der Waals surface area contributed by atoms with Gasteiger partial charge >= 0.3 is 29.6 Å². The maximum absolute atomic E-state index is 13.4. The fourth-order valence-electron chi connectivity index (χ4n) is 3.61. The maximum Gasteiger partial charge on any atom is 1.00 e. The Labute approximate surface area is 247 Å². The summed E-state index contributed by atoms with van der Waals surface area (Å²) < 4.78 is 13.4. The Morgan fingerprint density at radius 1 is 0.974 bits per heavy atom. The molecular weight excluding hydrogens is 522 g/mol. The number of amides is 2. The molecule has 0 aliphatic carbocycles. The Balaban J connectivity index is 0.00000507. The predicted octanol–water partition coefficient (Wildman–Crippen LogP) is 0.241. The first-order chi connectivity index (χ1) is 17.8. The van der Waals surface area contributed by atoms with Crippen LogP contribution in [0.1, 0.15) is 37.3 Å². The van der Waals surface area contributed by atoms with Crippen LogP contribution in [-0.2, 0) is 14.4 Å². The molecule has 1 aromatic heterocycles. The number of nitrogens with zero attached hydrogens (tertiary/aromatic N) is 1. The number of nitrogens with one attached hydrogen (secondary N) is 3. The summed E-state index contributed by atoms with van der Waals surface area (Å²) in [5.74, 6) is -1.88. The smallest absolute Gasteiger partial charge is 0.550 e.